The van der Waals surface area contributed by atoms with Crippen LogP contribution in [-0.4, -0.2) is 31.9 Å². The standard InChI is InChI=1S/C17H18F2N2O2S/c18-13-1-5-15(6-2-13)20-16-9-11-21(12-10-16)24(22,23)17-7-3-14(19)4-8-17/h1-8,16,20H,9-12H2. The van der Waals surface area contributed by atoms with Crippen LogP contribution in [0.1, 0.15) is 12.8 Å². The molecule has 2 aromatic rings. The van der Waals surface area contributed by atoms with Crippen LogP contribution in [-0.2, 0) is 10.0 Å². The number of hydrogen-bond donors (Lipinski definition) is 1. The van der Waals surface area contributed by atoms with Gasteiger partial charge in [0.25, 0.3) is 0 Å². The smallest absolute Gasteiger partial charge is 0.243 e. The largest absolute Gasteiger partial charge is 0.382 e. The van der Waals surface area contributed by atoms with Gasteiger partial charge in [0.1, 0.15) is 11.6 Å². The first kappa shape index (κ1) is 16.9. The Morgan fingerprint density at radius 3 is 1.92 bits per heavy atom. The summed E-state index contributed by atoms with van der Waals surface area (Å²) in [4.78, 5) is 0.105. The molecule has 0 bridgehead atoms. The molecule has 24 heavy (non-hydrogen) atoms. The Balaban J connectivity index is 1.62. The Labute approximate surface area is 140 Å². The lowest BCUT2D eigenvalue weighted by Gasteiger charge is -2.32. The number of sulfonamides is 1. The van der Waals surface area contributed by atoms with Gasteiger partial charge in [0, 0.05) is 24.8 Å². The average Bonchev–Trinajstić information content (AvgIpc) is 2.58. The van der Waals surface area contributed by atoms with E-state index in [2.05, 4.69) is 5.32 Å². The summed E-state index contributed by atoms with van der Waals surface area (Å²) in [6.45, 7) is 0.775. The molecule has 0 spiro atoms. The molecule has 1 aliphatic rings. The predicted octanol–water partition coefficient (Wildman–Crippen LogP) is 3.23. The maximum absolute atomic E-state index is 13.0. The fraction of sp³-hybridized carbons (Fsp3) is 0.294. The van der Waals surface area contributed by atoms with Gasteiger partial charge >= 0.3 is 0 Å². The van der Waals surface area contributed by atoms with Crippen LogP contribution in [0.15, 0.2) is 53.4 Å². The third-order valence-corrected chi connectivity index (χ3v) is 6.03. The molecule has 0 aliphatic carbocycles. The molecule has 0 radical (unpaired) electrons. The number of nitrogens with one attached hydrogen (secondary N) is 1. The van der Waals surface area contributed by atoms with Crippen molar-refractivity contribution >= 4 is 15.7 Å². The molecular weight excluding hydrogens is 334 g/mol. The van der Waals surface area contributed by atoms with E-state index in [4.69, 9.17) is 0 Å². The van der Waals surface area contributed by atoms with Gasteiger partial charge in [0.2, 0.25) is 10.0 Å². The van der Waals surface area contributed by atoms with Crippen molar-refractivity contribution in [3.8, 4) is 0 Å². The second-order valence-electron chi connectivity index (χ2n) is 5.78. The van der Waals surface area contributed by atoms with Gasteiger partial charge in [-0.1, -0.05) is 0 Å². The van der Waals surface area contributed by atoms with Crippen molar-refractivity contribution in [2.45, 2.75) is 23.8 Å². The quantitative estimate of drug-likeness (QED) is 0.919. The zero-order valence-electron chi connectivity index (χ0n) is 13.0. The van der Waals surface area contributed by atoms with Crippen molar-refractivity contribution in [2.24, 2.45) is 0 Å². The molecule has 128 valence electrons. The highest BCUT2D eigenvalue weighted by Gasteiger charge is 2.29. The van der Waals surface area contributed by atoms with E-state index >= 15 is 0 Å². The van der Waals surface area contributed by atoms with Crippen LogP contribution >= 0.6 is 0 Å². The molecule has 1 N–H and O–H groups in total. The number of rotatable bonds is 4. The van der Waals surface area contributed by atoms with Crippen molar-refractivity contribution in [3.63, 3.8) is 0 Å². The molecule has 2 aromatic carbocycles. The van der Waals surface area contributed by atoms with Gasteiger partial charge in [-0.25, -0.2) is 17.2 Å². The fourth-order valence-corrected chi connectivity index (χ4v) is 4.25. The zero-order chi connectivity index (χ0) is 17.2. The van der Waals surface area contributed by atoms with Crippen LogP contribution in [0.2, 0.25) is 0 Å². The highest BCUT2D eigenvalue weighted by molar-refractivity contribution is 7.89. The monoisotopic (exact) mass is 352 g/mol. The molecule has 0 unspecified atom stereocenters. The summed E-state index contributed by atoms with van der Waals surface area (Å²) >= 11 is 0. The summed E-state index contributed by atoms with van der Waals surface area (Å²) in [6.07, 6.45) is 1.30. The molecule has 1 saturated heterocycles. The first-order chi connectivity index (χ1) is 11.4. The highest BCUT2D eigenvalue weighted by Crippen LogP contribution is 2.23. The molecule has 4 nitrogen and oxygen atoms in total. The van der Waals surface area contributed by atoms with E-state index in [0.717, 1.165) is 17.8 Å². The molecule has 0 aromatic heterocycles. The Kier molecular flexibility index (Phi) is 4.82. The first-order valence-corrected chi connectivity index (χ1v) is 9.17. The van der Waals surface area contributed by atoms with Gasteiger partial charge in [0.05, 0.1) is 4.90 Å². The third kappa shape index (κ3) is 3.73. The van der Waals surface area contributed by atoms with Gasteiger partial charge in [-0.15, -0.1) is 0 Å². The van der Waals surface area contributed by atoms with Crippen LogP contribution in [0.4, 0.5) is 14.5 Å². The van der Waals surface area contributed by atoms with E-state index in [1.807, 2.05) is 0 Å². The zero-order valence-corrected chi connectivity index (χ0v) is 13.8. The molecule has 3 rings (SSSR count). The minimum atomic E-state index is -3.59. The predicted molar refractivity (Wildman–Crippen MR) is 88.2 cm³/mol. The normalized spacial score (nSPS) is 16.9. The molecular formula is C17H18F2N2O2S. The van der Waals surface area contributed by atoms with Crippen LogP contribution in [0.3, 0.4) is 0 Å². The summed E-state index contributed by atoms with van der Waals surface area (Å²) in [5, 5.41) is 3.29. The molecule has 1 aliphatic heterocycles. The Morgan fingerprint density at radius 2 is 1.38 bits per heavy atom. The van der Waals surface area contributed by atoms with Gasteiger partial charge in [0.15, 0.2) is 0 Å². The summed E-state index contributed by atoms with van der Waals surface area (Å²) in [5.41, 5.74) is 0.816. The molecule has 7 heteroatoms. The number of hydrogen-bond acceptors (Lipinski definition) is 3. The van der Waals surface area contributed by atoms with E-state index in [1.165, 1.54) is 28.6 Å². The van der Waals surface area contributed by atoms with Crippen molar-refractivity contribution in [3.05, 3.63) is 60.2 Å². The number of benzene rings is 2. The van der Waals surface area contributed by atoms with E-state index in [0.29, 0.717) is 25.9 Å². The molecule has 0 atom stereocenters. The van der Waals surface area contributed by atoms with Crippen LogP contribution in [0.25, 0.3) is 0 Å². The van der Waals surface area contributed by atoms with Gasteiger partial charge in [-0.2, -0.15) is 4.31 Å². The van der Waals surface area contributed by atoms with Crippen LogP contribution < -0.4 is 5.32 Å². The van der Waals surface area contributed by atoms with Crippen LogP contribution in [0.5, 0.6) is 0 Å². The lowest BCUT2D eigenvalue weighted by molar-refractivity contribution is 0.329. The van der Waals surface area contributed by atoms with Crippen molar-refractivity contribution < 1.29 is 17.2 Å². The third-order valence-electron chi connectivity index (χ3n) is 4.12. The topological polar surface area (TPSA) is 49.4 Å². The first-order valence-electron chi connectivity index (χ1n) is 7.73. The van der Waals surface area contributed by atoms with Gasteiger partial charge in [-0.05, 0) is 61.4 Å². The number of halogens is 2. The summed E-state index contributed by atoms with van der Waals surface area (Å²) in [5.74, 6) is -0.753. The summed E-state index contributed by atoms with van der Waals surface area (Å²) < 4.78 is 52.4. The fourth-order valence-electron chi connectivity index (χ4n) is 2.78. The highest BCUT2D eigenvalue weighted by atomic mass is 32.2. The lowest BCUT2D eigenvalue weighted by atomic mass is 10.1. The second-order valence-corrected chi connectivity index (χ2v) is 7.72. The van der Waals surface area contributed by atoms with E-state index < -0.39 is 15.8 Å². The van der Waals surface area contributed by atoms with Gasteiger partial charge < -0.3 is 5.32 Å². The average molecular weight is 352 g/mol. The molecule has 1 heterocycles. The van der Waals surface area contributed by atoms with E-state index in [-0.39, 0.29) is 16.8 Å². The van der Waals surface area contributed by atoms with Gasteiger partial charge in [-0.3, -0.25) is 0 Å². The van der Waals surface area contributed by atoms with Crippen molar-refractivity contribution in [2.75, 3.05) is 18.4 Å². The number of nitrogens with zero attached hydrogens (tertiary/aromatic N) is 1. The number of anilines is 1. The molecule has 1 fully saturated rings. The van der Waals surface area contributed by atoms with E-state index in [9.17, 15) is 17.2 Å². The van der Waals surface area contributed by atoms with Crippen LogP contribution in [0, 0.1) is 11.6 Å². The SMILES string of the molecule is O=S(=O)(c1ccc(F)cc1)N1CCC(Nc2ccc(F)cc2)CC1. The molecule has 0 saturated carbocycles. The lowest BCUT2D eigenvalue weighted by Crippen LogP contribution is -2.42. The number of piperidine rings is 1. The Bertz CT molecular complexity index is 784. The Morgan fingerprint density at radius 1 is 0.875 bits per heavy atom. The molecule has 0 amide bonds. The maximum Gasteiger partial charge on any atom is 0.243 e. The van der Waals surface area contributed by atoms with Crippen molar-refractivity contribution in [1.82, 2.24) is 4.31 Å². The second kappa shape index (κ2) is 6.86. The minimum Gasteiger partial charge on any atom is -0.382 e. The summed E-state index contributed by atoms with van der Waals surface area (Å²) in [7, 11) is -3.59. The minimum absolute atomic E-state index is 0.105. The summed E-state index contributed by atoms with van der Waals surface area (Å²) in [6, 6.07) is 11.1. The van der Waals surface area contributed by atoms with E-state index in [1.54, 1.807) is 12.1 Å². The van der Waals surface area contributed by atoms with Crippen molar-refractivity contribution in [1.29, 1.82) is 0 Å². The maximum atomic E-state index is 13.0. The Hall–Kier alpha value is -1.99.